The molecule has 0 saturated heterocycles. The second-order valence-corrected chi connectivity index (χ2v) is 8.12. The first-order valence-electron chi connectivity index (χ1n) is 9.87. The van der Waals surface area contributed by atoms with Gasteiger partial charge in [0.05, 0.1) is 6.54 Å². The molecule has 0 radical (unpaired) electrons. The number of rotatable bonds is 8. The Morgan fingerprint density at radius 2 is 1.83 bits per heavy atom. The summed E-state index contributed by atoms with van der Waals surface area (Å²) in [5.41, 5.74) is 3.21. The number of amides is 1. The smallest absolute Gasteiger partial charge is 0.246 e. The third-order valence-corrected chi connectivity index (χ3v) is 5.77. The Hall–Kier alpha value is -3.32. The average molecular weight is 418 g/mol. The Labute approximate surface area is 179 Å². The summed E-state index contributed by atoms with van der Waals surface area (Å²) in [4.78, 5) is 17.5. The summed E-state index contributed by atoms with van der Waals surface area (Å²) in [6, 6.07) is 22.2. The van der Waals surface area contributed by atoms with Crippen molar-refractivity contribution in [3.05, 3.63) is 88.1 Å². The number of tetrazole rings is 1. The predicted molar refractivity (Wildman–Crippen MR) is 118 cm³/mol. The highest BCUT2D eigenvalue weighted by Gasteiger charge is 2.17. The third-order valence-electron chi connectivity index (χ3n) is 4.91. The molecular formula is C23H23N5OS. The van der Waals surface area contributed by atoms with Crippen molar-refractivity contribution >= 4 is 17.2 Å². The van der Waals surface area contributed by atoms with E-state index in [4.69, 9.17) is 0 Å². The summed E-state index contributed by atoms with van der Waals surface area (Å²) in [6.07, 6.45) is 0.803. The van der Waals surface area contributed by atoms with Gasteiger partial charge >= 0.3 is 0 Å². The number of carbonyl (C=O) groups excluding carboxylic acids is 1. The van der Waals surface area contributed by atoms with Gasteiger partial charge in [-0.2, -0.15) is 4.80 Å². The highest BCUT2D eigenvalue weighted by Crippen LogP contribution is 2.18. The lowest BCUT2D eigenvalue weighted by Gasteiger charge is -2.22. The standard InChI is InChI=1S/C23H23N5OS/c1-18-8-5-6-12-21(18)23-24-26-28(25-23)17-22(29)27(16-20-11-7-15-30-20)14-13-19-9-3-2-4-10-19/h2-12,15H,13-14,16-17H2,1H3. The minimum atomic E-state index is -0.0203. The molecule has 2 aromatic carbocycles. The molecule has 0 spiro atoms. The normalized spacial score (nSPS) is 10.8. The minimum absolute atomic E-state index is 0.0203. The first kappa shape index (κ1) is 20.0. The van der Waals surface area contributed by atoms with E-state index >= 15 is 0 Å². The van der Waals surface area contributed by atoms with Gasteiger partial charge < -0.3 is 4.90 Å². The van der Waals surface area contributed by atoms with E-state index in [-0.39, 0.29) is 12.5 Å². The summed E-state index contributed by atoms with van der Waals surface area (Å²) >= 11 is 1.66. The van der Waals surface area contributed by atoms with Crippen molar-refractivity contribution < 1.29 is 4.79 Å². The van der Waals surface area contributed by atoms with Crippen molar-refractivity contribution in [1.82, 2.24) is 25.1 Å². The highest BCUT2D eigenvalue weighted by molar-refractivity contribution is 7.09. The van der Waals surface area contributed by atoms with Gasteiger partial charge in [0.15, 0.2) is 0 Å². The number of aryl methyl sites for hydroxylation is 1. The zero-order valence-corrected chi connectivity index (χ0v) is 17.6. The van der Waals surface area contributed by atoms with Gasteiger partial charge in [0.1, 0.15) is 6.54 Å². The molecule has 0 aliphatic carbocycles. The molecule has 1 amide bonds. The molecule has 0 N–H and O–H groups in total. The first-order valence-corrected chi connectivity index (χ1v) is 10.7. The summed E-state index contributed by atoms with van der Waals surface area (Å²) in [7, 11) is 0. The van der Waals surface area contributed by atoms with Crippen LogP contribution in [0.15, 0.2) is 72.1 Å². The van der Waals surface area contributed by atoms with Crippen molar-refractivity contribution in [1.29, 1.82) is 0 Å². The van der Waals surface area contributed by atoms with Crippen molar-refractivity contribution in [2.24, 2.45) is 0 Å². The maximum absolute atomic E-state index is 13.1. The Morgan fingerprint density at radius 1 is 1.03 bits per heavy atom. The van der Waals surface area contributed by atoms with Crippen molar-refractivity contribution in [3.8, 4) is 11.4 Å². The van der Waals surface area contributed by atoms with Gasteiger partial charge in [-0.1, -0.05) is 60.7 Å². The second kappa shape index (κ2) is 9.45. The summed E-state index contributed by atoms with van der Waals surface area (Å²) < 4.78 is 0. The van der Waals surface area contributed by atoms with Gasteiger partial charge in [-0.15, -0.1) is 21.5 Å². The molecule has 0 fully saturated rings. The summed E-state index contributed by atoms with van der Waals surface area (Å²) in [5, 5.41) is 14.7. The molecule has 0 unspecified atom stereocenters. The van der Waals surface area contributed by atoms with Crippen LogP contribution in [0.5, 0.6) is 0 Å². The number of thiophene rings is 1. The van der Waals surface area contributed by atoms with Gasteiger partial charge in [-0.05, 0) is 41.1 Å². The molecule has 30 heavy (non-hydrogen) atoms. The highest BCUT2D eigenvalue weighted by atomic mass is 32.1. The van der Waals surface area contributed by atoms with Crippen LogP contribution in [0, 0.1) is 6.92 Å². The average Bonchev–Trinajstić information content (AvgIpc) is 3.44. The molecule has 2 aromatic heterocycles. The van der Waals surface area contributed by atoms with Crippen molar-refractivity contribution in [2.45, 2.75) is 26.4 Å². The monoisotopic (exact) mass is 417 g/mol. The lowest BCUT2D eigenvalue weighted by atomic mass is 10.1. The number of carbonyl (C=O) groups is 1. The second-order valence-electron chi connectivity index (χ2n) is 7.09. The van der Waals surface area contributed by atoms with Crippen LogP contribution in [-0.4, -0.2) is 37.6 Å². The zero-order valence-electron chi connectivity index (χ0n) is 16.8. The molecule has 0 saturated carbocycles. The lowest BCUT2D eigenvalue weighted by molar-refractivity contribution is -0.132. The molecule has 4 rings (SSSR count). The molecular weight excluding hydrogens is 394 g/mol. The largest absolute Gasteiger partial charge is 0.336 e. The number of nitrogens with zero attached hydrogens (tertiary/aromatic N) is 5. The van der Waals surface area contributed by atoms with Crippen LogP contribution >= 0.6 is 11.3 Å². The number of hydrogen-bond acceptors (Lipinski definition) is 5. The molecule has 152 valence electrons. The van der Waals surface area contributed by atoms with Crippen molar-refractivity contribution in [3.63, 3.8) is 0 Å². The van der Waals surface area contributed by atoms with Gasteiger partial charge in [0, 0.05) is 17.0 Å². The Kier molecular flexibility index (Phi) is 6.29. The van der Waals surface area contributed by atoms with Crippen LogP contribution in [-0.2, 0) is 24.3 Å². The molecule has 0 atom stereocenters. The fourth-order valence-electron chi connectivity index (χ4n) is 3.25. The van der Waals surface area contributed by atoms with E-state index in [1.54, 1.807) is 11.3 Å². The van der Waals surface area contributed by atoms with Crippen LogP contribution in [0.25, 0.3) is 11.4 Å². The van der Waals surface area contributed by atoms with Crippen LogP contribution in [0.4, 0.5) is 0 Å². The first-order chi connectivity index (χ1) is 14.7. The number of benzene rings is 2. The number of aromatic nitrogens is 4. The lowest BCUT2D eigenvalue weighted by Crippen LogP contribution is -2.35. The van der Waals surface area contributed by atoms with E-state index in [9.17, 15) is 4.79 Å². The molecule has 4 aromatic rings. The quantitative estimate of drug-likeness (QED) is 0.435. The molecule has 2 heterocycles. The Balaban J connectivity index is 1.46. The van der Waals surface area contributed by atoms with E-state index in [0.717, 1.165) is 22.4 Å². The SMILES string of the molecule is Cc1ccccc1-c1nnn(CC(=O)N(CCc2ccccc2)Cc2cccs2)n1. The fourth-order valence-corrected chi connectivity index (χ4v) is 3.97. The number of hydrogen-bond donors (Lipinski definition) is 0. The predicted octanol–water partition coefficient (Wildman–Crippen LogP) is 3.98. The van der Waals surface area contributed by atoms with Gasteiger partial charge in [0.25, 0.3) is 0 Å². The summed E-state index contributed by atoms with van der Waals surface area (Å²) in [5.74, 6) is 0.517. The summed E-state index contributed by atoms with van der Waals surface area (Å²) in [6.45, 7) is 3.30. The Morgan fingerprint density at radius 3 is 2.60 bits per heavy atom. The van der Waals surface area contributed by atoms with Crippen LogP contribution < -0.4 is 0 Å². The molecule has 6 nitrogen and oxygen atoms in total. The maximum Gasteiger partial charge on any atom is 0.246 e. The van der Waals surface area contributed by atoms with Crippen LogP contribution in [0.1, 0.15) is 16.0 Å². The molecule has 0 bridgehead atoms. The van der Waals surface area contributed by atoms with E-state index in [1.807, 2.05) is 65.7 Å². The van der Waals surface area contributed by atoms with Gasteiger partial charge in [0.2, 0.25) is 11.7 Å². The topological polar surface area (TPSA) is 63.9 Å². The third kappa shape index (κ3) is 4.99. The molecule has 7 heteroatoms. The molecule has 0 aliphatic rings. The maximum atomic E-state index is 13.1. The zero-order chi connectivity index (χ0) is 20.8. The van der Waals surface area contributed by atoms with E-state index in [0.29, 0.717) is 18.9 Å². The van der Waals surface area contributed by atoms with E-state index < -0.39 is 0 Å². The minimum Gasteiger partial charge on any atom is -0.336 e. The fraction of sp³-hybridized carbons (Fsp3) is 0.217. The van der Waals surface area contributed by atoms with Crippen molar-refractivity contribution in [2.75, 3.05) is 6.54 Å². The Bertz CT molecular complexity index is 1090. The van der Waals surface area contributed by atoms with E-state index in [1.165, 1.54) is 10.4 Å². The van der Waals surface area contributed by atoms with Gasteiger partial charge in [-0.3, -0.25) is 4.79 Å². The van der Waals surface area contributed by atoms with Gasteiger partial charge in [-0.25, -0.2) is 0 Å². The van der Waals surface area contributed by atoms with Crippen LogP contribution in [0.3, 0.4) is 0 Å². The van der Waals surface area contributed by atoms with E-state index in [2.05, 4.69) is 33.6 Å². The molecule has 0 aliphatic heterocycles. The van der Waals surface area contributed by atoms with Crippen LogP contribution in [0.2, 0.25) is 0 Å².